The number of ether oxygens (including phenoxy) is 1. The molecule has 5 rings (SSSR count). The Morgan fingerprint density at radius 1 is 0.645 bits per heavy atom. The molecule has 0 N–H and O–H groups in total. The molecule has 4 aromatic carbocycles. The average molecular weight is 403 g/mol. The average Bonchev–Trinajstić information content (AvgIpc) is 3.20. The van der Waals surface area contributed by atoms with E-state index in [0.29, 0.717) is 0 Å². The zero-order valence-corrected chi connectivity index (χ0v) is 16.9. The largest absolute Gasteiger partial charge is 0.444 e. The molecule has 0 saturated heterocycles. The third-order valence-corrected chi connectivity index (χ3v) is 5.37. The van der Waals surface area contributed by atoms with Crippen LogP contribution >= 0.6 is 0 Å². The van der Waals surface area contributed by atoms with Gasteiger partial charge in [0.25, 0.3) is 0 Å². The van der Waals surface area contributed by atoms with E-state index in [1.165, 1.54) is 0 Å². The van der Waals surface area contributed by atoms with E-state index in [-0.39, 0.29) is 12.7 Å². The third kappa shape index (κ3) is 3.62. The second-order valence-electron chi connectivity index (χ2n) is 7.35. The molecule has 150 valence electrons. The van der Waals surface area contributed by atoms with Crippen molar-refractivity contribution in [3.05, 3.63) is 121 Å². The van der Waals surface area contributed by atoms with Crippen LogP contribution in [0.1, 0.15) is 5.56 Å². The summed E-state index contributed by atoms with van der Waals surface area (Å²) in [6, 6.07) is 37.9. The fourth-order valence-electron chi connectivity index (χ4n) is 3.98. The van der Waals surface area contributed by atoms with Gasteiger partial charge < -0.3 is 4.74 Å². The van der Waals surface area contributed by atoms with Gasteiger partial charge in [0.15, 0.2) is 0 Å². The number of benzene rings is 4. The summed E-state index contributed by atoms with van der Waals surface area (Å²) in [5, 5.41) is 1.02. The van der Waals surface area contributed by atoms with Crippen molar-refractivity contribution < 1.29 is 9.53 Å². The molecule has 5 aromatic rings. The van der Waals surface area contributed by atoms with E-state index in [1.807, 2.05) is 97.1 Å². The maximum atomic E-state index is 13.4. The minimum atomic E-state index is -0.388. The predicted octanol–water partition coefficient (Wildman–Crippen LogP) is 7.16. The van der Waals surface area contributed by atoms with E-state index in [4.69, 9.17) is 4.74 Å². The van der Waals surface area contributed by atoms with Gasteiger partial charge in [-0.2, -0.15) is 0 Å². The molecule has 0 unspecified atom stereocenters. The van der Waals surface area contributed by atoms with E-state index in [0.717, 1.165) is 38.9 Å². The second-order valence-corrected chi connectivity index (χ2v) is 7.35. The third-order valence-electron chi connectivity index (χ3n) is 5.37. The lowest BCUT2D eigenvalue weighted by molar-refractivity contribution is 0.143. The molecule has 0 aliphatic carbocycles. The van der Waals surface area contributed by atoms with Crippen LogP contribution in [0, 0.1) is 0 Å². The Hall–Kier alpha value is -4.11. The molecule has 0 bridgehead atoms. The van der Waals surface area contributed by atoms with Gasteiger partial charge in [-0.1, -0.05) is 109 Å². The van der Waals surface area contributed by atoms with Crippen LogP contribution in [-0.2, 0) is 11.3 Å². The van der Waals surface area contributed by atoms with Gasteiger partial charge in [-0.25, -0.2) is 9.36 Å². The molecule has 31 heavy (non-hydrogen) atoms. The monoisotopic (exact) mass is 403 g/mol. The summed E-state index contributed by atoms with van der Waals surface area (Å²) in [4.78, 5) is 13.4. The minimum absolute atomic E-state index is 0.223. The van der Waals surface area contributed by atoms with Crippen LogP contribution in [0.4, 0.5) is 4.79 Å². The van der Waals surface area contributed by atoms with Crippen molar-refractivity contribution in [3.8, 4) is 22.4 Å². The smallest absolute Gasteiger partial charge is 0.419 e. The van der Waals surface area contributed by atoms with Gasteiger partial charge in [-0.15, -0.1) is 0 Å². The molecule has 0 saturated carbocycles. The van der Waals surface area contributed by atoms with Crippen LogP contribution < -0.4 is 0 Å². The normalized spacial score (nSPS) is 10.8. The van der Waals surface area contributed by atoms with Crippen molar-refractivity contribution in [1.82, 2.24) is 4.57 Å². The first-order valence-electron chi connectivity index (χ1n) is 10.3. The molecule has 0 radical (unpaired) electrons. The van der Waals surface area contributed by atoms with Crippen molar-refractivity contribution in [2.75, 3.05) is 0 Å². The molecule has 1 heterocycles. The number of para-hydroxylation sites is 1. The summed E-state index contributed by atoms with van der Waals surface area (Å²) < 4.78 is 7.46. The van der Waals surface area contributed by atoms with Crippen molar-refractivity contribution in [3.63, 3.8) is 0 Å². The topological polar surface area (TPSA) is 31.2 Å². The molecule has 3 nitrogen and oxygen atoms in total. The summed E-state index contributed by atoms with van der Waals surface area (Å²) in [6.07, 6.45) is -0.388. The first kappa shape index (κ1) is 18.9. The lowest BCUT2D eigenvalue weighted by atomic mass is 9.98. The molecular weight excluding hydrogens is 382 g/mol. The molecule has 0 aliphatic rings. The van der Waals surface area contributed by atoms with Crippen molar-refractivity contribution in [2.24, 2.45) is 0 Å². The van der Waals surface area contributed by atoms with Crippen molar-refractivity contribution >= 4 is 17.0 Å². The first-order chi connectivity index (χ1) is 15.3. The predicted molar refractivity (Wildman–Crippen MR) is 125 cm³/mol. The van der Waals surface area contributed by atoms with E-state index < -0.39 is 0 Å². The highest BCUT2D eigenvalue weighted by Crippen LogP contribution is 2.40. The van der Waals surface area contributed by atoms with Crippen molar-refractivity contribution in [1.29, 1.82) is 0 Å². The molecule has 1 aromatic heterocycles. The lowest BCUT2D eigenvalue weighted by Gasteiger charge is -2.12. The van der Waals surface area contributed by atoms with E-state index in [2.05, 4.69) is 18.2 Å². The maximum absolute atomic E-state index is 13.4. The maximum Gasteiger partial charge on any atom is 0.419 e. The second kappa shape index (κ2) is 8.33. The van der Waals surface area contributed by atoms with E-state index in [9.17, 15) is 4.79 Å². The Kier molecular flexibility index (Phi) is 5.07. The number of hydrogen-bond acceptors (Lipinski definition) is 2. The summed E-state index contributed by atoms with van der Waals surface area (Å²) in [7, 11) is 0. The molecule has 0 spiro atoms. The van der Waals surface area contributed by atoms with E-state index >= 15 is 0 Å². The summed E-state index contributed by atoms with van der Waals surface area (Å²) in [5.74, 6) is 0. The standard InChI is InChI=1S/C28H21NO2/c30-28(31-20-21-12-4-1-5-13-21)29-25-19-11-10-18-24(25)26(22-14-6-2-7-15-22)27(29)23-16-8-3-9-17-23/h1-19H,20H2. The van der Waals surface area contributed by atoms with Crippen LogP contribution in [0.2, 0.25) is 0 Å². The molecule has 0 aliphatic heterocycles. The highest BCUT2D eigenvalue weighted by molar-refractivity contribution is 6.08. The lowest BCUT2D eigenvalue weighted by Crippen LogP contribution is -2.14. The number of carbonyl (C=O) groups excluding carboxylic acids is 1. The highest BCUT2D eigenvalue weighted by atomic mass is 16.5. The van der Waals surface area contributed by atoms with Gasteiger partial charge in [0, 0.05) is 10.9 Å². The zero-order valence-electron chi connectivity index (χ0n) is 16.9. The quantitative estimate of drug-likeness (QED) is 0.319. The number of carbonyl (C=O) groups is 1. The number of fused-ring (bicyclic) bond motifs is 1. The Morgan fingerprint density at radius 3 is 1.87 bits per heavy atom. The molecule has 0 atom stereocenters. The van der Waals surface area contributed by atoms with Gasteiger partial charge >= 0.3 is 6.09 Å². The first-order valence-corrected chi connectivity index (χ1v) is 10.3. The molecule has 0 fully saturated rings. The Labute approximate surface area is 181 Å². The molecular formula is C28H21NO2. The number of rotatable bonds is 4. The molecule has 0 amide bonds. The SMILES string of the molecule is O=C(OCc1ccccc1)n1c(-c2ccccc2)c(-c2ccccc2)c2ccccc21. The van der Waals surface area contributed by atoms with Gasteiger partial charge in [0.2, 0.25) is 0 Å². The Morgan fingerprint density at radius 2 is 1.19 bits per heavy atom. The number of hydrogen-bond donors (Lipinski definition) is 0. The number of aromatic nitrogens is 1. The van der Waals surface area contributed by atoms with Crippen LogP contribution in [-0.4, -0.2) is 10.7 Å². The number of nitrogens with zero attached hydrogens (tertiary/aromatic N) is 1. The van der Waals surface area contributed by atoms with Gasteiger partial charge in [0.05, 0.1) is 11.2 Å². The fraction of sp³-hybridized carbons (Fsp3) is 0.0357. The fourth-order valence-corrected chi connectivity index (χ4v) is 3.98. The Bertz CT molecular complexity index is 1320. The summed E-state index contributed by atoms with van der Waals surface area (Å²) in [5.41, 5.74) is 5.68. The van der Waals surface area contributed by atoms with Gasteiger partial charge in [0.1, 0.15) is 6.61 Å². The zero-order chi connectivity index (χ0) is 21.0. The van der Waals surface area contributed by atoms with Gasteiger partial charge in [-0.3, -0.25) is 0 Å². The van der Waals surface area contributed by atoms with Crippen LogP contribution in [0.15, 0.2) is 115 Å². The van der Waals surface area contributed by atoms with Crippen molar-refractivity contribution in [2.45, 2.75) is 6.61 Å². The molecule has 3 heteroatoms. The van der Waals surface area contributed by atoms with Crippen LogP contribution in [0.3, 0.4) is 0 Å². The minimum Gasteiger partial charge on any atom is -0.444 e. The highest BCUT2D eigenvalue weighted by Gasteiger charge is 2.24. The van der Waals surface area contributed by atoms with Gasteiger partial charge in [-0.05, 0) is 22.8 Å². The van der Waals surface area contributed by atoms with E-state index in [1.54, 1.807) is 4.57 Å². The Balaban J connectivity index is 1.71. The van der Waals surface area contributed by atoms with Crippen LogP contribution in [0.25, 0.3) is 33.3 Å². The summed E-state index contributed by atoms with van der Waals surface area (Å²) in [6.45, 7) is 0.223. The summed E-state index contributed by atoms with van der Waals surface area (Å²) >= 11 is 0. The van der Waals surface area contributed by atoms with Crippen LogP contribution in [0.5, 0.6) is 0 Å².